The van der Waals surface area contributed by atoms with Crippen LogP contribution in [0.1, 0.15) is 11.1 Å². The van der Waals surface area contributed by atoms with E-state index in [-0.39, 0.29) is 12.5 Å². The SMILES string of the molecule is C=CCOc1cccc(NC(=O)CNc2c(C)cccc2C)c1. The first-order valence-electron chi connectivity index (χ1n) is 7.54. The third-order valence-corrected chi connectivity index (χ3v) is 3.39. The summed E-state index contributed by atoms with van der Waals surface area (Å²) in [5, 5.41) is 6.05. The molecule has 0 atom stereocenters. The van der Waals surface area contributed by atoms with Crippen LogP contribution in [0.3, 0.4) is 0 Å². The van der Waals surface area contributed by atoms with Crippen LogP contribution in [-0.4, -0.2) is 19.1 Å². The number of anilines is 2. The third-order valence-electron chi connectivity index (χ3n) is 3.39. The van der Waals surface area contributed by atoms with E-state index >= 15 is 0 Å². The molecule has 0 fully saturated rings. The van der Waals surface area contributed by atoms with E-state index in [1.54, 1.807) is 12.1 Å². The van der Waals surface area contributed by atoms with Crippen molar-refractivity contribution < 1.29 is 9.53 Å². The maximum Gasteiger partial charge on any atom is 0.243 e. The molecule has 0 saturated heterocycles. The van der Waals surface area contributed by atoms with Crippen molar-refractivity contribution in [1.82, 2.24) is 0 Å². The number of nitrogens with one attached hydrogen (secondary N) is 2. The number of benzene rings is 2. The lowest BCUT2D eigenvalue weighted by Crippen LogP contribution is -2.22. The van der Waals surface area contributed by atoms with Gasteiger partial charge in [0.25, 0.3) is 0 Å². The number of rotatable bonds is 7. The van der Waals surface area contributed by atoms with Crippen molar-refractivity contribution >= 4 is 17.3 Å². The van der Waals surface area contributed by atoms with E-state index in [4.69, 9.17) is 4.74 Å². The molecular formula is C19H22N2O2. The Morgan fingerprint density at radius 3 is 2.57 bits per heavy atom. The number of aryl methyl sites for hydroxylation is 2. The lowest BCUT2D eigenvalue weighted by atomic mass is 10.1. The molecule has 0 spiro atoms. The van der Waals surface area contributed by atoms with Crippen LogP contribution in [0.2, 0.25) is 0 Å². The fourth-order valence-electron chi connectivity index (χ4n) is 2.29. The molecule has 0 aliphatic rings. The van der Waals surface area contributed by atoms with Crippen molar-refractivity contribution in [1.29, 1.82) is 0 Å². The highest BCUT2D eigenvalue weighted by Crippen LogP contribution is 2.20. The van der Waals surface area contributed by atoms with E-state index < -0.39 is 0 Å². The zero-order valence-corrected chi connectivity index (χ0v) is 13.6. The molecule has 2 N–H and O–H groups in total. The second-order valence-electron chi connectivity index (χ2n) is 5.30. The second kappa shape index (κ2) is 8.03. The van der Waals surface area contributed by atoms with Crippen molar-refractivity contribution in [3.05, 3.63) is 66.2 Å². The van der Waals surface area contributed by atoms with Crippen LogP contribution >= 0.6 is 0 Å². The molecule has 0 bridgehead atoms. The third kappa shape index (κ3) is 4.88. The summed E-state index contributed by atoms with van der Waals surface area (Å²) < 4.78 is 5.45. The van der Waals surface area contributed by atoms with Gasteiger partial charge in [0.1, 0.15) is 12.4 Å². The fraction of sp³-hybridized carbons (Fsp3) is 0.211. The van der Waals surface area contributed by atoms with Gasteiger partial charge >= 0.3 is 0 Å². The molecule has 0 saturated carbocycles. The molecule has 2 aromatic rings. The van der Waals surface area contributed by atoms with E-state index in [0.29, 0.717) is 18.0 Å². The average molecular weight is 310 g/mol. The number of carbonyl (C=O) groups excluding carboxylic acids is 1. The number of carbonyl (C=O) groups is 1. The van der Waals surface area contributed by atoms with Gasteiger partial charge in [-0.3, -0.25) is 4.79 Å². The molecule has 120 valence electrons. The lowest BCUT2D eigenvalue weighted by molar-refractivity contribution is -0.114. The summed E-state index contributed by atoms with van der Waals surface area (Å²) in [7, 11) is 0. The standard InChI is InChI=1S/C19H22N2O2/c1-4-11-23-17-10-6-9-16(12-17)21-18(22)13-20-19-14(2)7-5-8-15(19)3/h4-10,12,20H,1,11,13H2,2-3H3,(H,21,22). The molecule has 0 heterocycles. The van der Waals surface area contributed by atoms with Crippen LogP contribution in [0.15, 0.2) is 55.1 Å². The van der Waals surface area contributed by atoms with Gasteiger partial charge in [-0.2, -0.15) is 0 Å². The quantitative estimate of drug-likeness (QED) is 0.762. The van der Waals surface area contributed by atoms with Gasteiger partial charge in [0.15, 0.2) is 0 Å². The van der Waals surface area contributed by atoms with Gasteiger partial charge in [0.2, 0.25) is 5.91 Å². The highest BCUT2D eigenvalue weighted by molar-refractivity contribution is 5.94. The van der Waals surface area contributed by atoms with E-state index in [0.717, 1.165) is 16.8 Å². The lowest BCUT2D eigenvalue weighted by Gasteiger charge is -2.13. The number of ether oxygens (including phenoxy) is 1. The summed E-state index contributed by atoms with van der Waals surface area (Å²) in [6.45, 7) is 8.30. The minimum Gasteiger partial charge on any atom is -0.489 e. The van der Waals surface area contributed by atoms with Crippen molar-refractivity contribution in [3.8, 4) is 5.75 Å². The summed E-state index contributed by atoms with van der Waals surface area (Å²) in [6.07, 6.45) is 1.68. The largest absolute Gasteiger partial charge is 0.489 e. The zero-order valence-electron chi connectivity index (χ0n) is 13.6. The number of amides is 1. The summed E-state index contributed by atoms with van der Waals surface area (Å²) >= 11 is 0. The Hall–Kier alpha value is -2.75. The van der Waals surface area contributed by atoms with Gasteiger partial charge < -0.3 is 15.4 Å². The topological polar surface area (TPSA) is 50.4 Å². The monoisotopic (exact) mass is 310 g/mol. The first-order chi connectivity index (χ1) is 11.1. The van der Waals surface area contributed by atoms with Crippen LogP contribution in [0.25, 0.3) is 0 Å². The second-order valence-corrected chi connectivity index (χ2v) is 5.30. The maximum absolute atomic E-state index is 12.1. The van der Waals surface area contributed by atoms with Crippen molar-refractivity contribution in [2.45, 2.75) is 13.8 Å². The summed E-state index contributed by atoms with van der Waals surface area (Å²) in [4.78, 5) is 12.1. The van der Waals surface area contributed by atoms with Crippen molar-refractivity contribution in [3.63, 3.8) is 0 Å². The number of hydrogen-bond donors (Lipinski definition) is 2. The Morgan fingerprint density at radius 2 is 1.87 bits per heavy atom. The van der Waals surface area contributed by atoms with Gasteiger partial charge in [-0.1, -0.05) is 36.9 Å². The number of hydrogen-bond acceptors (Lipinski definition) is 3. The molecule has 4 nitrogen and oxygen atoms in total. The Kier molecular flexibility index (Phi) is 5.80. The van der Waals surface area contributed by atoms with Crippen LogP contribution in [0.4, 0.5) is 11.4 Å². The molecule has 0 radical (unpaired) electrons. The van der Waals surface area contributed by atoms with Crippen LogP contribution in [-0.2, 0) is 4.79 Å². The molecule has 0 unspecified atom stereocenters. The molecule has 0 aliphatic carbocycles. The number of para-hydroxylation sites is 1. The zero-order chi connectivity index (χ0) is 16.7. The maximum atomic E-state index is 12.1. The average Bonchev–Trinajstić information content (AvgIpc) is 2.53. The first-order valence-corrected chi connectivity index (χ1v) is 7.54. The van der Waals surface area contributed by atoms with Crippen LogP contribution in [0.5, 0.6) is 5.75 Å². The Bertz CT molecular complexity index is 675. The van der Waals surface area contributed by atoms with Crippen LogP contribution in [0, 0.1) is 13.8 Å². The molecule has 4 heteroatoms. The van der Waals surface area contributed by atoms with Gasteiger partial charge in [0.05, 0.1) is 6.54 Å². The Labute approximate surface area is 137 Å². The summed E-state index contributed by atoms with van der Waals surface area (Å²) in [5.74, 6) is 0.596. The van der Waals surface area contributed by atoms with Crippen LogP contribution < -0.4 is 15.4 Å². The van der Waals surface area contributed by atoms with Gasteiger partial charge in [0, 0.05) is 17.4 Å². The normalized spacial score (nSPS) is 10.0. The van der Waals surface area contributed by atoms with E-state index in [2.05, 4.69) is 17.2 Å². The molecule has 2 aromatic carbocycles. The Balaban J connectivity index is 1.93. The minimum absolute atomic E-state index is 0.103. The predicted molar refractivity (Wildman–Crippen MR) is 95.2 cm³/mol. The smallest absolute Gasteiger partial charge is 0.243 e. The fourth-order valence-corrected chi connectivity index (χ4v) is 2.29. The molecular weight excluding hydrogens is 288 g/mol. The Morgan fingerprint density at radius 1 is 1.17 bits per heavy atom. The highest BCUT2D eigenvalue weighted by atomic mass is 16.5. The van der Waals surface area contributed by atoms with Gasteiger partial charge in [-0.05, 0) is 37.1 Å². The minimum atomic E-state index is -0.103. The van der Waals surface area contributed by atoms with Crippen molar-refractivity contribution in [2.75, 3.05) is 23.8 Å². The first kappa shape index (κ1) is 16.6. The molecule has 1 amide bonds. The van der Waals surface area contributed by atoms with E-state index in [1.807, 2.05) is 50.2 Å². The molecule has 2 rings (SSSR count). The van der Waals surface area contributed by atoms with Gasteiger partial charge in [-0.15, -0.1) is 0 Å². The molecule has 0 aliphatic heterocycles. The van der Waals surface area contributed by atoms with Crippen molar-refractivity contribution in [2.24, 2.45) is 0 Å². The summed E-state index contributed by atoms with van der Waals surface area (Å²) in [5.41, 5.74) is 3.96. The highest BCUT2D eigenvalue weighted by Gasteiger charge is 2.06. The summed E-state index contributed by atoms with van der Waals surface area (Å²) in [6, 6.07) is 13.4. The van der Waals surface area contributed by atoms with Gasteiger partial charge in [-0.25, -0.2) is 0 Å². The van der Waals surface area contributed by atoms with E-state index in [9.17, 15) is 4.79 Å². The molecule has 23 heavy (non-hydrogen) atoms. The molecule has 0 aromatic heterocycles. The van der Waals surface area contributed by atoms with E-state index in [1.165, 1.54) is 0 Å². The predicted octanol–water partition coefficient (Wildman–Crippen LogP) is 3.92.